The van der Waals surface area contributed by atoms with Gasteiger partial charge in [0.05, 0.1) is 15.5 Å². The highest BCUT2D eigenvalue weighted by atomic mass is 35.5. The number of nitrogens with zero attached hydrogens (tertiary/aromatic N) is 1. The highest BCUT2D eigenvalue weighted by molar-refractivity contribution is 7.89. The molecule has 0 aliphatic carbocycles. The molecule has 0 aliphatic heterocycles. The Morgan fingerprint density at radius 3 is 2.20 bits per heavy atom. The Bertz CT molecular complexity index is 864. The van der Waals surface area contributed by atoms with Gasteiger partial charge in [0.2, 0.25) is 10.0 Å². The second-order valence-corrected chi connectivity index (χ2v) is 7.97. The van der Waals surface area contributed by atoms with Gasteiger partial charge in [-0.1, -0.05) is 37.0 Å². The van der Waals surface area contributed by atoms with Gasteiger partial charge in [-0.15, -0.1) is 0 Å². The molecule has 1 N–H and O–H groups in total. The Kier molecular flexibility index (Phi) is 6.46. The number of carbonyl (C=O) groups is 1. The largest absolute Gasteiger partial charge is 0.322 e. The van der Waals surface area contributed by atoms with E-state index in [1.807, 2.05) is 0 Å². The minimum atomic E-state index is -3.53. The van der Waals surface area contributed by atoms with Crippen LogP contribution < -0.4 is 5.32 Å². The van der Waals surface area contributed by atoms with Crippen molar-refractivity contribution >= 4 is 44.8 Å². The van der Waals surface area contributed by atoms with Gasteiger partial charge in [0.25, 0.3) is 5.91 Å². The lowest BCUT2D eigenvalue weighted by Crippen LogP contribution is -2.30. The summed E-state index contributed by atoms with van der Waals surface area (Å²) in [5.41, 5.74) is 0.702. The summed E-state index contributed by atoms with van der Waals surface area (Å²) in [4.78, 5) is 12.5. The van der Waals surface area contributed by atoms with Crippen molar-refractivity contribution in [3.05, 3.63) is 58.1 Å². The average molecular weight is 401 g/mol. The van der Waals surface area contributed by atoms with Crippen LogP contribution in [-0.4, -0.2) is 31.7 Å². The molecule has 134 valence electrons. The first-order chi connectivity index (χ1) is 11.8. The van der Waals surface area contributed by atoms with Gasteiger partial charge in [-0.2, -0.15) is 4.31 Å². The van der Waals surface area contributed by atoms with E-state index in [0.717, 1.165) is 0 Å². The van der Waals surface area contributed by atoms with Crippen LogP contribution in [0.15, 0.2) is 47.4 Å². The van der Waals surface area contributed by atoms with Crippen molar-refractivity contribution in [2.75, 3.05) is 18.4 Å². The fraction of sp³-hybridized carbons (Fsp3) is 0.235. The Morgan fingerprint density at radius 1 is 1.04 bits per heavy atom. The van der Waals surface area contributed by atoms with E-state index in [4.69, 9.17) is 23.2 Å². The Hall–Kier alpha value is -1.60. The van der Waals surface area contributed by atoms with E-state index in [9.17, 15) is 13.2 Å². The zero-order valence-electron chi connectivity index (χ0n) is 13.8. The zero-order valence-corrected chi connectivity index (χ0v) is 16.1. The van der Waals surface area contributed by atoms with Gasteiger partial charge in [0.15, 0.2) is 0 Å². The van der Waals surface area contributed by atoms with Crippen LogP contribution >= 0.6 is 23.2 Å². The summed E-state index contributed by atoms with van der Waals surface area (Å²) in [5, 5.41) is 3.35. The molecule has 0 aromatic heterocycles. The molecule has 25 heavy (non-hydrogen) atoms. The first-order valence-electron chi connectivity index (χ1n) is 7.66. The second-order valence-electron chi connectivity index (χ2n) is 5.19. The van der Waals surface area contributed by atoms with Crippen molar-refractivity contribution < 1.29 is 13.2 Å². The number of sulfonamides is 1. The minimum Gasteiger partial charge on any atom is -0.322 e. The van der Waals surface area contributed by atoms with Gasteiger partial charge in [0, 0.05) is 23.8 Å². The molecule has 0 radical (unpaired) electrons. The van der Waals surface area contributed by atoms with Crippen LogP contribution in [0.25, 0.3) is 0 Å². The molecule has 1 amide bonds. The smallest absolute Gasteiger partial charge is 0.257 e. The molecule has 0 saturated carbocycles. The summed E-state index contributed by atoms with van der Waals surface area (Å²) >= 11 is 11.9. The van der Waals surface area contributed by atoms with Gasteiger partial charge in [0.1, 0.15) is 0 Å². The summed E-state index contributed by atoms with van der Waals surface area (Å²) in [6.07, 6.45) is 0. The fourth-order valence-corrected chi connectivity index (χ4v) is 4.13. The van der Waals surface area contributed by atoms with Gasteiger partial charge >= 0.3 is 0 Å². The van der Waals surface area contributed by atoms with Crippen LogP contribution in [0, 0.1) is 0 Å². The summed E-state index contributed by atoms with van der Waals surface area (Å²) in [7, 11) is -3.53. The van der Waals surface area contributed by atoms with Crippen molar-refractivity contribution in [2.24, 2.45) is 0 Å². The van der Waals surface area contributed by atoms with Crippen LogP contribution in [0.1, 0.15) is 24.2 Å². The van der Waals surface area contributed by atoms with E-state index in [1.165, 1.54) is 34.6 Å². The normalized spacial score (nSPS) is 11.6. The summed E-state index contributed by atoms with van der Waals surface area (Å²) in [6.45, 7) is 4.35. The molecule has 0 atom stereocenters. The summed E-state index contributed by atoms with van der Waals surface area (Å²) in [6, 6.07) is 10.6. The number of halogens is 2. The number of nitrogens with one attached hydrogen (secondary N) is 1. The van der Waals surface area contributed by atoms with Crippen molar-refractivity contribution in [3.63, 3.8) is 0 Å². The number of carbonyl (C=O) groups excluding carboxylic acids is 1. The second kappa shape index (κ2) is 8.19. The van der Waals surface area contributed by atoms with Crippen LogP contribution in [0.4, 0.5) is 5.69 Å². The van der Waals surface area contributed by atoms with Crippen LogP contribution in [0.5, 0.6) is 0 Å². The Labute approximate surface area is 157 Å². The number of amides is 1. The van der Waals surface area contributed by atoms with Crippen molar-refractivity contribution in [2.45, 2.75) is 18.7 Å². The number of hydrogen-bond acceptors (Lipinski definition) is 3. The van der Waals surface area contributed by atoms with E-state index >= 15 is 0 Å². The molecule has 0 aliphatic rings. The monoisotopic (exact) mass is 400 g/mol. The van der Waals surface area contributed by atoms with Crippen molar-refractivity contribution in [3.8, 4) is 0 Å². The third kappa shape index (κ3) is 4.52. The van der Waals surface area contributed by atoms with Gasteiger partial charge in [-0.3, -0.25) is 4.79 Å². The van der Waals surface area contributed by atoms with Gasteiger partial charge in [-0.05, 0) is 42.5 Å². The molecule has 0 unspecified atom stereocenters. The van der Waals surface area contributed by atoms with Crippen molar-refractivity contribution in [1.82, 2.24) is 4.31 Å². The quantitative estimate of drug-likeness (QED) is 0.786. The van der Waals surface area contributed by atoms with E-state index in [1.54, 1.807) is 26.0 Å². The maximum atomic E-state index is 12.4. The molecule has 5 nitrogen and oxygen atoms in total. The SMILES string of the molecule is CCN(CC)S(=O)(=O)c1ccc(NC(=O)c2cc(Cl)ccc2Cl)cc1. The standard InChI is InChI=1S/C17H18Cl2N2O3S/c1-3-21(4-2)25(23,24)14-8-6-13(7-9-14)20-17(22)15-11-12(18)5-10-16(15)19/h5-11H,3-4H2,1-2H3,(H,20,22). The molecule has 2 rings (SSSR count). The van der Waals surface area contributed by atoms with Gasteiger partial charge in [-0.25, -0.2) is 8.42 Å². The molecule has 8 heteroatoms. The number of rotatable bonds is 6. The lowest BCUT2D eigenvalue weighted by atomic mass is 10.2. The molecule has 0 spiro atoms. The molecular formula is C17H18Cl2N2O3S. The predicted octanol–water partition coefficient (Wildman–Crippen LogP) is 4.28. The molecule has 2 aromatic carbocycles. The first-order valence-corrected chi connectivity index (χ1v) is 9.85. The highest BCUT2D eigenvalue weighted by Crippen LogP contribution is 2.23. The topological polar surface area (TPSA) is 66.5 Å². The molecular weight excluding hydrogens is 383 g/mol. The van der Waals surface area contributed by atoms with Crippen LogP contribution in [0.3, 0.4) is 0 Å². The molecule has 0 fully saturated rings. The third-order valence-electron chi connectivity index (χ3n) is 3.63. The lowest BCUT2D eigenvalue weighted by Gasteiger charge is -2.18. The van der Waals surface area contributed by atoms with Crippen LogP contribution in [-0.2, 0) is 10.0 Å². The maximum absolute atomic E-state index is 12.4. The fourth-order valence-electron chi connectivity index (χ4n) is 2.29. The van der Waals surface area contributed by atoms with Crippen molar-refractivity contribution in [1.29, 1.82) is 0 Å². The number of benzene rings is 2. The van der Waals surface area contributed by atoms with E-state index in [2.05, 4.69) is 5.32 Å². The number of hydrogen-bond donors (Lipinski definition) is 1. The average Bonchev–Trinajstić information content (AvgIpc) is 2.58. The molecule has 0 saturated heterocycles. The predicted molar refractivity (Wildman–Crippen MR) is 101 cm³/mol. The minimum absolute atomic E-state index is 0.176. The van der Waals surface area contributed by atoms with Gasteiger partial charge < -0.3 is 5.32 Å². The number of anilines is 1. The Balaban J connectivity index is 2.21. The first kappa shape index (κ1) is 19.7. The highest BCUT2D eigenvalue weighted by Gasteiger charge is 2.21. The van der Waals surface area contributed by atoms with Crippen LogP contribution in [0.2, 0.25) is 10.0 Å². The molecule has 2 aromatic rings. The maximum Gasteiger partial charge on any atom is 0.257 e. The molecule has 0 bridgehead atoms. The summed E-state index contributed by atoms with van der Waals surface area (Å²) < 4.78 is 26.2. The van der Waals surface area contributed by atoms with E-state index in [0.29, 0.717) is 23.8 Å². The summed E-state index contributed by atoms with van der Waals surface area (Å²) in [5.74, 6) is -0.424. The molecule has 0 heterocycles. The Morgan fingerprint density at radius 2 is 1.64 bits per heavy atom. The lowest BCUT2D eigenvalue weighted by molar-refractivity contribution is 0.102. The van der Waals surface area contributed by atoms with E-state index < -0.39 is 15.9 Å². The third-order valence-corrected chi connectivity index (χ3v) is 6.26. The zero-order chi connectivity index (χ0) is 18.6. The van der Waals surface area contributed by atoms with E-state index in [-0.39, 0.29) is 15.5 Å².